The van der Waals surface area contributed by atoms with Crippen LogP contribution in [0, 0.1) is 10.1 Å². The van der Waals surface area contributed by atoms with Crippen LogP contribution in [0.1, 0.15) is 0 Å². The fourth-order valence-electron chi connectivity index (χ4n) is 1.73. The molecule has 1 aromatic heterocycles. The molecule has 0 aliphatic rings. The highest BCUT2D eigenvalue weighted by Crippen LogP contribution is 2.35. The molecule has 0 aliphatic carbocycles. The van der Waals surface area contributed by atoms with Gasteiger partial charge in [0.05, 0.1) is 23.1 Å². The molecule has 1 N–H and O–H groups in total. The van der Waals surface area contributed by atoms with Crippen LogP contribution < -0.4 is 0 Å². The van der Waals surface area contributed by atoms with Crippen molar-refractivity contribution in [3.8, 4) is 11.3 Å². The van der Waals surface area contributed by atoms with Crippen LogP contribution in [0.25, 0.3) is 11.3 Å². The fourth-order valence-corrected chi connectivity index (χ4v) is 2.23. The summed E-state index contributed by atoms with van der Waals surface area (Å²) in [6.07, 6.45) is 1.13. The zero-order valence-corrected chi connectivity index (χ0v) is 11.1. The number of rotatable bonds is 4. The molecule has 0 bridgehead atoms. The summed E-state index contributed by atoms with van der Waals surface area (Å²) in [6.45, 7) is -0.0425. The highest BCUT2D eigenvalue weighted by Gasteiger charge is 2.23. The maximum absolute atomic E-state index is 11.0. The average Bonchev–Trinajstić information content (AvgIpc) is 2.73. The number of nitro groups is 1. The monoisotopic (exact) mass is 301 g/mol. The summed E-state index contributed by atoms with van der Waals surface area (Å²) in [5, 5.41) is 24.6. The van der Waals surface area contributed by atoms with Gasteiger partial charge in [0, 0.05) is 10.6 Å². The van der Waals surface area contributed by atoms with Crippen molar-refractivity contribution >= 4 is 28.9 Å². The molecule has 2 aromatic rings. The van der Waals surface area contributed by atoms with Gasteiger partial charge in [-0.2, -0.15) is 5.10 Å². The molecule has 0 saturated heterocycles. The van der Waals surface area contributed by atoms with Gasteiger partial charge in [0.15, 0.2) is 0 Å². The summed E-state index contributed by atoms with van der Waals surface area (Å²) >= 11 is 11.9. The Morgan fingerprint density at radius 2 is 2.16 bits per heavy atom. The molecule has 1 aromatic carbocycles. The number of aromatic nitrogens is 2. The van der Waals surface area contributed by atoms with Gasteiger partial charge < -0.3 is 5.11 Å². The van der Waals surface area contributed by atoms with E-state index in [4.69, 9.17) is 28.3 Å². The second kappa shape index (κ2) is 5.56. The second-order valence-corrected chi connectivity index (χ2v) is 4.55. The lowest BCUT2D eigenvalue weighted by Gasteiger charge is -2.07. The molecule has 0 atom stereocenters. The average molecular weight is 302 g/mol. The highest BCUT2D eigenvalue weighted by atomic mass is 35.5. The first-order chi connectivity index (χ1) is 9.04. The molecule has 19 heavy (non-hydrogen) atoms. The molecule has 0 unspecified atom stereocenters. The Balaban J connectivity index is 2.64. The largest absolute Gasteiger partial charge is 0.394 e. The fraction of sp³-hybridized carbons (Fsp3) is 0.182. The minimum absolute atomic E-state index is 0.141. The smallest absolute Gasteiger partial charge is 0.314 e. The minimum atomic E-state index is -0.541. The number of aliphatic hydroxyl groups excluding tert-OH is 1. The zero-order valence-electron chi connectivity index (χ0n) is 9.58. The van der Waals surface area contributed by atoms with E-state index in [0.717, 1.165) is 6.20 Å². The molecule has 0 saturated carbocycles. The standard InChI is InChI=1S/C11H9Cl2N3O3/c12-7-1-2-8(9(13)5-7)11-10(16(18)19)6-14-15(11)3-4-17/h1-2,5-6,17H,3-4H2. The lowest BCUT2D eigenvalue weighted by Crippen LogP contribution is -2.06. The summed E-state index contributed by atoms with van der Waals surface area (Å²) in [5.41, 5.74) is 0.530. The van der Waals surface area contributed by atoms with Gasteiger partial charge in [0.1, 0.15) is 11.9 Å². The van der Waals surface area contributed by atoms with Crippen LogP contribution in [0.5, 0.6) is 0 Å². The summed E-state index contributed by atoms with van der Waals surface area (Å²) in [4.78, 5) is 10.5. The van der Waals surface area contributed by atoms with Crippen LogP contribution in [0.2, 0.25) is 10.0 Å². The Bertz CT molecular complexity index is 628. The molecule has 0 amide bonds. The van der Waals surface area contributed by atoms with Crippen LogP contribution in [0.15, 0.2) is 24.4 Å². The van der Waals surface area contributed by atoms with Gasteiger partial charge >= 0.3 is 5.69 Å². The first-order valence-corrected chi connectivity index (χ1v) is 6.06. The lowest BCUT2D eigenvalue weighted by atomic mass is 10.1. The third-order valence-electron chi connectivity index (χ3n) is 2.51. The van der Waals surface area contributed by atoms with Crippen LogP contribution >= 0.6 is 23.2 Å². The third kappa shape index (κ3) is 2.70. The Morgan fingerprint density at radius 3 is 2.74 bits per heavy atom. The van der Waals surface area contributed by atoms with Crippen molar-refractivity contribution in [3.63, 3.8) is 0 Å². The van der Waals surface area contributed by atoms with E-state index in [1.165, 1.54) is 10.7 Å². The Morgan fingerprint density at radius 1 is 1.42 bits per heavy atom. The Labute approximate surface area is 118 Å². The van der Waals surface area contributed by atoms with Crippen molar-refractivity contribution in [2.75, 3.05) is 6.61 Å². The van der Waals surface area contributed by atoms with Gasteiger partial charge in [-0.3, -0.25) is 14.8 Å². The maximum atomic E-state index is 11.0. The van der Waals surface area contributed by atoms with E-state index in [-0.39, 0.29) is 29.6 Å². The maximum Gasteiger partial charge on any atom is 0.314 e. The molecule has 0 fully saturated rings. The number of hydrogen-bond donors (Lipinski definition) is 1. The first kappa shape index (κ1) is 13.8. The second-order valence-electron chi connectivity index (χ2n) is 3.71. The van der Waals surface area contributed by atoms with Gasteiger partial charge in [-0.05, 0) is 18.2 Å². The van der Waals surface area contributed by atoms with Crippen molar-refractivity contribution in [1.82, 2.24) is 9.78 Å². The Hall–Kier alpha value is -1.63. The van der Waals surface area contributed by atoms with Gasteiger partial charge in [-0.15, -0.1) is 0 Å². The van der Waals surface area contributed by atoms with E-state index in [0.29, 0.717) is 10.6 Å². The van der Waals surface area contributed by atoms with Gasteiger partial charge in [-0.1, -0.05) is 23.2 Å². The van der Waals surface area contributed by atoms with E-state index in [9.17, 15) is 10.1 Å². The molecule has 0 spiro atoms. The molecule has 1 heterocycles. The summed E-state index contributed by atoms with van der Waals surface area (Å²) in [7, 11) is 0. The van der Waals surface area contributed by atoms with Gasteiger partial charge in [0.2, 0.25) is 0 Å². The molecule has 100 valence electrons. The Kier molecular flexibility index (Phi) is 4.04. The number of aliphatic hydroxyl groups is 1. The van der Waals surface area contributed by atoms with Gasteiger partial charge in [0.25, 0.3) is 0 Å². The summed E-state index contributed by atoms with van der Waals surface area (Å²) in [5.74, 6) is 0. The van der Waals surface area contributed by atoms with Crippen molar-refractivity contribution < 1.29 is 10.0 Å². The SMILES string of the molecule is O=[N+]([O-])c1cnn(CCO)c1-c1ccc(Cl)cc1Cl. The summed E-state index contributed by atoms with van der Waals surface area (Å²) in [6, 6.07) is 4.67. The predicted molar refractivity (Wildman–Crippen MR) is 71.4 cm³/mol. The van der Waals surface area contributed by atoms with Crippen molar-refractivity contribution in [1.29, 1.82) is 0 Å². The molecule has 0 radical (unpaired) electrons. The van der Waals surface area contributed by atoms with E-state index < -0.39 is 4.92 Å². The number of benzene rings is 1. The van der Waals surface area contributed by atoms with Crippen LogP contribution in [0.4, 0.5) is 5.69 Å². The van der Waals surface area contributed by atoms with Crippen LogP contribution in [-0.4, -0.2) is 26.4 Å². The molecule has 0 aliphatic heterocycles. The van der Waals surface area contributed by atoms with Crippen LogP contribution in [-0.2, 0) is 6.54 Å². The minimum Gasteiger partial charge on any atom is -0.394 e. The zero-order chi connectivity index (χ0) is 14.0. The first-order valence-electron chi connectivity index (χ1n) is 5.31. The van der Waals surface area contributed by atoms with Gasteiger partial charge in [-0.25, -0.2) is 0 Å². The molecular formula is C11H9Cl2N3O3. The van der Waals surface area contributed by atoms with E-state index in [1.54, 1.807) is 12.1 Å². The lowest BCUT2D eigenvalue weighted by molar-refractivity contribution is -0.384. The van der Waals surface area contributed by atoms with E-state index >= 15 is 0 Å². The van der Waals surface area contributed by atoms with Crippen molar-refractivity contribution in [3.05, 3.63) is 44.6 Å². The third-order valence-corrected chi connectivity index (χ3v) is 3.06. The highest BCUT2D eigenvalue weighted by molar-refractivity contribution is 6.36. The van der Waals surface area contributed by atoms with E-state index in [1.807, 2.05) is 0 Å². The predicted octanol–water partition coefficient (Wildman–Crippen LogP) is 2.76. The normalized spacial score (nSPS) is 10.7. The molecule has 6 nitrogen and oxygen atoms in total. The quantitative estimate of drug-likeness (QED) is 0.695. The van der Waals surface area contributed by atoms with Crippen LogP contribution in [0.3, 0.4) is 0 Å². The summed E-state index contributed by atoms with van der Waals surface area (Å²) < 4.78 is 1.34. The number of nitrogens with zero attached hydrogens (tertiary/aromatic N) is 3. The van der Waals surface area contributed by atoms with Crippen molar-refractivity contribution in [2.24, 2.45) is 0 Å². The molecular weight excluding hydrogens is 293 g/mol. The topological polar surface area (TPSA) is 81.2 Å². The van der Waals surface area contributed by atoms with Crippen molar-refractivity contribution in [2.45, 2.75) is 6.54 Å². The molecule has 2 rings (SSSR count). The number of halogens is 2. The van der Waals surface area contributed by atoms with E-state index in [2.05, 4.69) is 5.10 Å². The number of hydrogen-bond acceptors (Lipinski definition) is 4. The molecule has 8 heteroatoms.